The maximum absolute atomic E-state index is 13.2. The lowest BCUT2D eigenvalue weighted by Crippen LogP contribution is -2.50. The molecule has 2 aliphatic carbocycles. The topological polar surface area (TPSA) is 57.6 Å². The van der Waals surface area contributed by atoms with E-state index in [2.05, 4.69) is 0 Å². The Morgan fingerprint density at radius 3 is 1.89 bits per heavy atom. The second kappa shape index (κ2) is 6.54. The largest absolute Gasteiger partial charge is 0.481 e. The number of nitrogens with zero attached hydrogens (tertiary/aromatic N) is 1. The molecule has 1 saturated carbocycles. The number of allylic oxidation sites excluding steroid dienone is 2. The molecule has 0 aliphatic heterocycles. The lowest BCUT2D eigenvalue weighted by atomic mass is 9.81. The number of rotatable bonds is 3. The Morgan fingerprint density at radius 1 is 1.00 bits per heavy atom. The van der Waals surface area contributed by atoms with Gasteiger partial charge in [0, 0.05) is 12.7 Å². The van der Waals surface area contributed by atoms with Crippen molar-refractivity contribution < 1.29 is 19.1 Å². The van der Waals surface area contributed by atoms with Crippen LogP contribution in [-0.2, 0) is 9.59 Å². The first-order valence-electron chi connectivity index (χ1n) is 7.41. The maximum Gasteiger partial charge on any atom is 0.309 e. The highest BCUT2D eigenvalue weighted by atomic mass is 35.5. The van der Waals surface area contributed by atoms with Crippen LogP contribution in [0.5, 0.6) is 0 Å². The monoisotopic (exact) mass is 493 g/mol. The quantitative estimate of drug-likeness (QED) is 0.604. The molecule has 1 amide bonds. The number of carboxylic acid groups (broad SMARTS) is 1. The standard InChI is InChI=1S/C16H10Cl6FNO3/c1-24(7-4-2-6(23)3-5-7)12(25)8-9(13(26)27)15(20)11(18)10(17)14(8,19)16(15,21)22/h2-5,8-9H,1H3,(H,26,27)/t8-,9-,14-,15-/m0/s1. The number of carbonyl (C=O) groups is 2. The predicted molar refractivity (Wildman–Crippen MR) is 105 cm³/mol. The smallest absolute Gasteiger partial charge is 0.309 e. The van der Waals surface area contributed by atoms with E-state index in [4.69, 9.17) is 69.6 Å². The fraction of sp³-hybridized carbons (Fsp3) is 0.375. The van der Waals surface area contributed by atoms with Gasteiger partial charge in [-0.3, -0.25) is 9.59 Å². The van der Waals surface area contributed by atoms with Crippen LogP contribution in [0.25, 0.3) is 0 Å². The molecule has 1 aromatic carbocycles. The van der Waals surface area contributed by atoms with Crippen molar-refractivity contribution in [3.05, 3.63) is 40.1 Å². The minimum Gasteiger partial charge on any atom is -0.481 e. The molecule has 2 bridgehead atoms. The highest BCUT2D eigenvalue weighted by Crippen LogP contribution is 2.76. The second-order valence-corrected chi connectivity index (χ2v) is 9.57. The third kappa shape index (κ3) is 2.49. The van der Waals surface area contributed by atoms with Crippen LogP contribution < -0.4 is 4.90 Å². The summed E-state index contributed by atoms with van der Waals surface area (Å²) in [6.07, 6.45) is 0. The molecule has 0 saturated heterocycles. The molecule has 0 unspecified atom stereocenters. The Labute approximate surface area is 183 Å². The summed E-state index contributed by atoms with van der Waals surface area (Å²) in [6.45, 7) is 0. The number of halogens is 7. The van der Waals surface area contributed by atoms with Crippen molar-refractivity contribution in [1.29, 1.82) is 0 Å². The predicted octanol–water partition coefficient (Wildman–Crippen LogP) is 4.95. The van der Waals surface area contributed by atoms with E-state index in [0.29, 0.717) is 0 Å². The van der Waals surface area contributed by atoms with Gasteiger partial charge >= 0.3 is 5.97 Å². The van der Waals surface area contributed by atoms with Crippen molar-refractivity contribution in [3.63, 3.8) is 0 Å². The van der Waals surface area contributed by atoms with Crippen molar-refractivity contribution in [2.24, 2.45) is 11.8 Å². The molecule has 1 fully saturated rings. The van der Waals surface area contributed by atoms with Crippen LogP contribution in [0.4, 0.5) is 10.1 Å². The molecule has 11 heteroatoms. The van der Waals surface area contributed by atoms with E-state index in [1.54, 1.807) is 0 Å². The average Bonchev–Trinajstić information content (AvgIpc) is 2.81. The first kappa shape index (κ1) is 21.3. The zero-order valence-electron chi connectivity index (χ0n) is 13.3. The minimum absolute atomic E-state index is 0.283. The Hall–Kier alpha value is -0.430. The number of carboxylic acids is 1. The fourth-order valence-corrected chi connectivity index (χ4v) is 6.54. The maximum atomic E-state index is 13.2. The molecule has 0 radical (unpaired) electrons. The summed E-state index contributed by atoms with van der Waals surface area (Å²) < 4.78 is 11.0. The molecule has 4 atom stereocenters. The highest BCUT2D eigenvalue weighted by Gasteiger charge is 2.85. The Balaban J connectivity index is 2.15. The molecule has 0 aromatic heterocycles. The van der Waals surface area contributed by atoms with E-state index >= 15 is 0 Å². The molecule has 0 spiro atoms. The van der Waals surface area contributed by atoms with Crippen LogP contribution in [0.1, 0.15) is 0 Å². The summed E-state index contributed by atoms with van der Waals surface area (Å²) >= 11 is 38.1. The zero-order valence-corrected chi connectivity index (χ0v) is 17.9. The van der Waals surface area contributed by atoms with Gasteiger partial charge in [-0.2, -0.15) is 0 Å². The summed E-state index contributed by atoms with van der Waals surface area (Å²) in [6, 6.07) is 4.97. The van der Waals surface area contributed by atoms with Crippen molar-refractivity contribution in [1.82, 2.24) is 0 Å². The Bertz CT molecular complexity index is 875. The third-order valence-electron chi connectivity index (χ3n) is 5.01. The molecule has 1 N–H and O–H groups in total. The van der Waals surface area contributed by atoms with Gasteiger partial charge < -0.3 is 10.0 Å². The molecule has 1 aromatic rings. The van der Waals surface area contributed by atoms with Crippen LogP contribution in [0.15, 0.2) is 34.3 Å². The van der Waals surface area contributed by atoms with Crippen LogP contribution in [-0.4, -0.2) is 38.1 Å². The molecular weight excluding hydrogens is 486 g/mol. The highest BCUT2D eigenvalue weighted by molar-refractivity contribution is 6.66. The van der Waals surface area contributed by atoms with E-state index in [1.165, 1.54) is 19.2 Å². The lowest BCUT2D eigenvalue weighted by Gasteiger charge is -2.35. The van der Waals surface area contributed by atoms with Gasteiger partial charge in [-0.1, -0.05) is 46.4 Å². The minimum atomic E-state index is -2.18. The Kier molecular flexibility index (Phi) is 5.16. The number of fused-ring (bicyclic) bond motifs is 2. The van der Waals surface area contributed by atoms with E-state index in [0.717, 1.165) is 17.0 Å². The third-order valence-corrected chi connectivity index (χ3v) is 9.27. The van der Waals surface area contributed by atoms with Crippen LogP contribution in [0, 0.1) is 17.7 Å². The van der Waals surface area contributed by atoms with Gasteiger partial charge in [0.15, 0.2) is 4.33 Å². The summed E-state index contributed by atoms with van der Waals surface area (Å²) in [5.74, 6) is -5.92. The van der Waals surface area contributed by atoms with E-state index in [1.807, 2.05) is 0 Å². The van der Waals surface area contributed by atoms with Gasteiger partial charge in [0.1, 0.15) is 15.6 Å². The number of hydrogen-bond donors (Lipinski definition) is 1. The molecule has 0 heterocycles. The molecular formula is C16H10Cl6FNO3. The number of amides is 1. The number of alkyl halides is 4. The van der Waals surface area contributed by atoms with Crippen LogP contribution in [0.3, 0.4) is 0 Å². The van der Waals surface area contributed by atoms with Crippen LogP contribution in [0.2, 0.25) is 0 Å². The first-order chi connectivity index (χ1) is 12.3. The SMILES string of the molecule is CN(C(=O)[C@@H]1[C@@H](C(=O)O)[C@]2(Cl)C(Cl)=C(Cl)[C@]1(Cl)C2(Cl)Cl)c1ccc(F)cc1. The summed E-state index contributed by atoms with van der Waals surface area (Å²) in [7, 11) is 1.37. The van der Waals surface area contributed by atoms with E-state index in [-0.39, 0.29) is 15.8 Å². The number of aliphatic carboxylic acids is 1. The molecule has 27 heavy (non-hydrogen) atoms. The zero-order chi connectivity index (χ0) is 20.5. The van der Waals surface area contributed by atoms with Gasteiger partial charge in [-0.05, 0) is 24.3 Å². The van der Waals surface area contributed by atoms with Gasteiger partial charge in [-0.15, -0.1) is 23.2 Å². The molecule has 146 valence electrons. The van der Waals surface area contributed by atoms with Gasteiger partial charge in [0.2, 0.25) is 5.91 Å². The first-order valence-corrected chi connectivity index (χ1v) is 9.68. The van der Waals surface area contributed by atoms with Crippen molar-refractivity contribution in [2.75, 3.05) is 11.9 Å². The summed E-state index contributed by atoms with van der Waals surface area (Å²) in [4.78, 5) is 22.1. The number of carbonyl (C=O) groups excluding carboxylic acids is 1. The second-order valence-electron chi connectivity index (χ2n) is 6.29. The Morgan fingerprint density at radius 2 is 1.44 bits per heavy atom. The van der Waals surface area contributed by atoms with E-state index < -0.39 is 43.6 Å². The number of anilines is 1. The number of hydrogen-bond acceptors (Lipinski definition) is 2. The van der Waals surface area contributed by atoms with Crippen LogP contribution >= 0.6 is 69.6 Å². The molecule has 2 aliphatic rings. The number of benzene rings is 1. The molecule has 4 nitrogen and oxygen atoms in total. The van der Waals surface area contributed by atoms with Crippen molar-refractivity contribution >= 4 is 87.2 Å². The fourth-order valence-electron chi connectivity index (χ4n) is 3.61. The van der Waals surface area contributed by atoms with Crippen molar-refractivity contribution in [2.45, 2.75) is 14.1 Å². The van der Waals surface area contributed by atoms with Gasteiger partial charge in [0.25, 0.3) is 0 Å². The normalized spacial score (nSPS) is 34.1. The average molecular weight is 496 g/mol. The van der Waals surface area contributed by atoms with E-state index in [9.17, 15) is 19.1 Å². The summed E-state index contributed by atoms with van der Waals surface area (Å²) in [5.41, 5.74) is 0.290. The van der Waals surface area contributed by atoms with Gasteiger partial charge in [-0.25, -0.2) is 4.39 Å². The molecule has 3 rings (SSSR count). The summed E-state index contributed by atoms with van der Waals surface area (Å²) in [5, 5.41) is 9.16. The lowest BCUT2D eigenvalue weighted by molar-refractivity contribution is -0.146. The van der Waals surface area contributed by atoms with Crippen molar-refractivity contribution in [3.8, 4) is 0 Å². The van der Waals surface area contributed by atoms with Gasteiger partial charge in [0.05, 0.1) is 21.9 Å².